The number of aromatic carboxylic acids is 1. The van der Waals surface area contributed by atoms with Crippen LogP contribution >= 0.6 is 11.6 Å². The fraction of sp³-hybridized carbons (Fsp3) is 0.444. The van der Waals surface area contributed by atoms with Gasteiger partial charge in [-0.15, -0.1) is 0 Å². The van der Waals surface area contributed by atoms with E-state index in [1.165, 1.54) is 6.07 Å². The average Bonchev–Trinajstić information content (AvgIpc) is 2.08. The number of carboxylic acid groups (broad SMARTS) is 1. The summed E-state index contributed by atoms with van der Waals surface area (Å²) in [7, 11) is 0. The molecule has 0 aliphatic carbocycles. The van der Waals surface area contributed by atoms with Gasteiger partial charge in [0.15, 0.2) is 0 Å². The Kier molecular flexibility index (Phi) is 3.47. The third kappa shape index (κ3) is 2.79. The molecule has 0 aromatic carbocycles. The molecule has 6 heteroatoms. The van der Waals surface area contributed by atoms with Gasteiger partial charge in [0.05, 0.1) is 0 Å². The summed E-state index contributed by atoms with van der Waals surface area (Å²) in [6.07, 6.45) is 0. The van der Waals surface area contributed by atoms with E-state index >= 15 is 0 Å². The summed E-state index contributed by atoms with van der Waals surface area (Å²) in [6, 6.07) is 1.17. The highest BCUT2D eigenvalue weighted by atomic mass is 35.5. The minimum atomic E-state index is -1.18. The van der Waals surface area contributed by atoms with Crippen molar-refractivity contribution in [2.75, 3.05) is 0 Å². The largest absolute Gasteiger partial charge is 0.477 e. The lowest BCUT2D eigenvalue weighted by Gasteiger charge is -2.11. The lowest BCUT2D eigenvalue weighted by Crippen LogP contribution is -2.29. The Bertz CT molecular complexity index is 439. The van der Waals surface area contributed by atoms with Crippen molar-refractivity contribution >= 4 is 17.6 Å². The van der Waals surface area contributed by atoms with Crippen LogP contribution in [-0.2, 0) is 6.54 Å². The summed E-state index contributed by atoms with van der Waals surface area (Å²) in [4.78, 5) is 25.7. The Balaban J connectivity index is 3.34. The average molecular weight is 231 g/mol. The minimum absolute atomic E-state index is 0.0996. The molecular weight excluding hydrogens is 220 g/mol. The van der Waals surface area contributed by atoms with Gasteiger partial charge in [0.2, 0.25) is 0 Å². The first-order chi connectivity index (χ1) is 6.91. The zero-order valence-electron chi connectivity index (χ0n) is 8.40. The molecule has 1 aromatic rings. The molecule has 0 spiro atoms. The molecule has 1 heterocycles. The Morgan fingerprint density at radius 1 is 1.67 bits per heavy atom. The van der Waals surface area contributed by atoms with E-state index in [9.17, 15) is 9.59 Å². The first-order valence-corrected chi connectivity index (χ1v) is 4.80. The molecule has 0 bridgehead atoms. The Labute approximate surface area is 91.3 Å². The van der Waals surface area contributed by atoms with Crippen LogP contribution in [0.4, 0.5) is 0 Å². The molecule has 0 saturated heterocycles. The maximum atomic E-state index is 11.4. The third-order valence-corrected chi connectivity index (χ3v) is 1.94. The Hall–Kier alpha value is -1.36. The van der Waals surface area contributed by atoms with E-state index in [4.69, 9.17) is 16.7 Å². The number of aromatic nitrogens is 2. The number of halogens is 1. The summed E-state index contributed by atoms with van der Waals surface area (Å²) in [5.41, 5.74) is -0.762. The highest BCUT2D eigenvalue weighted by Gasteiger charge is 2.14. The van der Waals surface area contributed by atoms with Gasteiger partial charge < -0.3 is 5.11 Å². The van der Waals surface area contributed by atoms with Crippen molar-refractivity contribution in [3.8, 4) is 0 Å². The zero-order valence-corrected chi connectivity index (χ0v) is 9.15. The van der Waals surface area contributed by atoms with Crippen LogP contribution in [-0.4, -0.2) is 20.6 Å². The van der Waals surface area contributed by atoms with Crippen molar-refractivity contribution in [3.05, 3.63) is 27.4 Å². The summed E-state index contributed by atoms with van der Waals surface area (Å²) < 4.78 is 1.11. The van der Waals surface area contributed by atoms with E-state index in [-0.39, 0.29) is 16.8 Å². The van der Waals surface area contributed by atoms with Gasteiger partial charge in [0.25, 0.3) is 0 Å². The van der Waals surface area contributed by atoms with E-state index in [0.29, 0.717) is 6.54 Å². The lowest BCUT2D eigenvalue weighted by molar-refractivity contribution is 0.0682. The predicted molar refractivity (Wildman–Crippen MR) is 55.3 cm³/mol. The van der Waals surface area contributed by atoms with Crippen molar-refractivity contribution in [2.24, 2.45) is 5.92 Å². The summed E-state index contributed by atoms with van der Waals surface area (Å²) >= 11 is 5.51. The molecule has 0 aliphatic rings. The van der Waals surface area contributed by atoms with Gasteiger partial charge in [-0.2, -0.15) is 4.98 Å². The second-order valence-corrected chi connectivity index (χ2v) is 3.94. The molecule has 0 unspecified atom stereocenters. The second-order valence-electron chi connectivity index (χ2n) is 3.56. The zero-order chi connectivity index (χ0) is 11.6. The van der Waals surface area contributed by atoms with E-state index in [1.807, 2.05) is 13.8 Å². The summed E-state index contributed by atoms with van der Waals surface area (Å²) in [6.45, 7) is 4.07. The standard InChI is InChI=1S/C9H11ClN2O3/c1-5(2)4-12-6(8(13)14)3-7(10)11-9(12)15/h3,5H,4H2,1-2H3,(H,13,14). The number of hydrogen-bond donors (Lipinski definition) is 1. The molecule has 15 heavy (non-hydrogen) atoms. The third-order valence-electron chi connectivity index (χ3n) is 1.75. The van der Waals surface area contributed by atoms with Crippen LogP contribution in [0.5, 0.6) is 0 Å². The number of rotatable bonds is 3. The van der Waals surface area contributed by atoms with Gasteiger partial charge in [0.1, 0.15) is 10.8 Å². The number of hydrogen-bond acceptors (Lipinski definition) is 3. The van der Waals surface area contributed by atoms with Crippen LogP contribution < -0.4 is 5.69 Å². The van der Waals surface area contributed by atoms with Crippen molar-refractivity contribution in [1.29, 1.82) is 0 Å². The minimum Gasteiger partial charge on any atom is -0.477 e. The number of carbonyl (C=O) groups is 1. The van der Waals surface area contributed by atoms with Gasteiger partial charge in [0, 0.05) is 12.6 Å². The maximum absolute atomic E-state index is 11.4. The van der Waals surface area contributed by atoms with Crippen LogP contribution in [0.25, 0.3) is 0 Å². The highest BCUT2D eigenvalue weighted by Crippen LogP contribution is 2.07. The second kappa shape index (κ2) is 4.44. The summed E-state index contributed by atoms with van der Waals surface area (Å²) in [5.74, 6) is -1.03. The Morgan fingerprint density at radius 2 is 2.27 bits per heavy atom. The van der Waals surface area contributed by atoms with Crippen LogP contribution in [0.15, 0.2) is 10.9 Å². The molecular formula is C9H11ClN2O3. The van der Waals surface area contributed by atoms with Crippen LogP contribution in [0, 0.1) is 5.92 Å². The first-order valence-electron chi connectivity index (χ1n) is 4.42. The molecule has 1 N–H and O–H groups in total. The van der Waals surface area contributed by atoms with Crippen molar-refractivity contribution in [2.45, 2.75) is 20.4 Å². The van der Waals surface area contributed by atoms with Gasteiger partial charge in [-0.25, -0.2) is 9.59 Å². The van der Waals surface area contributed by atoms with E-state index in [0.717, 1.165) is 4.57 Å². The first kappa shape index (κ1) is 11.7. The van der Waals surface area contributed by atoms with Crippen LogP contribution in [0.1, 0.15) is 24.3 Å². The SMILES string of the molecule is CC(C)Cn1c(C(=O)O)cc(Cl)nc1=O. The molecule has 1 rings (SSSR count). The predicted octanol–water partition coefficient (Wildman–Crippen LogP) is 1.25. The van der Waals surface area contributed by atoms with Crippen molar-refractivity contribution in [1.82, 2.24) is 9.55 Å². The Morgan fingerprint density at radius 3 is 2.73 bits per heavy atom. The number of carboxylic acids is 1. The van der Waals surface area contributed by atoms with Gasteiger partial charge in [-0.3, -0.25) is 4.57 Å². The summed E-state index contributed by atoms with van der Waals surface area (Å²) in [5, 5.41) is 8.78. The fourth-order valence-electron chi connectivity index (χ4n) is 1.20. The molecule has 0 fully saturated rings. The monoisotopic (exact) mass is 230 g/mol. The lowest BCUT2D eigenvalue weighted by atomic mass is 10.2. The van der Waals surface area contributed by atoms with E-state index in [2.05, 4.69) is 4.98 Å². The molecule has 1 aromatic heterocycles. The molecule has 82 valence electrons. The number of nitrogens with zero attached hydrogens (tertiary/aromatic N) is 2. The molecule has 0 saturated carbocycles. The van der Waals surface area contributed by atoms with Crippen LogP contribution in [0.3, 0.4) is 0 Å². The smallest absolute Gasteiger partial charge is 0.352 e. The fourth-order valence-corrected chi connectivity index (χ4v) is 1.37. The topological polar surface area (TPSA) is 72.2 Å². The molecule has 0 atom stereocenters. The van der Waals surface area contributed by atoms with Gasteiger partial charge in [-0.1, -0.05) is 25.4 Å². The quantitative estimate of drug-likeness (QED) is 0.794. The normalized spacial score (nSPS) is 10.7. The van der Waals surface area contributed by atoms with E-state index < -0.39 is 11.7 Å². The van der Waals surface area contributed by atoms with Crippen LogP contribution in [0.2, 0.25) is 5.15 Å². The van der Waals surface area contributed by atoms with Crippen molar-refractivity contribution < 1.29 is 9.90 Å². The van der Waals surface area contributed by atoms with Gasteiger partial charge in [-0.05, 0) is 5.92 Å². The van der Waals surface area contributed by atoms with Gasteiger partial charge >= 0.3 is 11.7 Å². The van der Waals surface area contributed by atoms with E-state index in [1.54, 1.807) is 0 Å². The van der Waals surface area contributed by atoms with Crippen molar-refractivity contribution in [3.63, 3.8) is 0 Å². The maximum Gasteiger partial charge on any atom is 0.352 e. The molecule has 0 aliphatic heterocycles. The molecule has 5 nitrogen and oxygen atoms in total. The molecule has 0 amide bonds. The highest BCUT2D eigenvalue weighted by molar-refractivity contribution is 6.29. The molecule has 0 radical (unpaired) electrons.